The van der Waals surface area contributed by atoms with Gasteiger partial charge in [0.25, 0.3) is 0 Å². The SMILES string of the molecule is NC(=O)C[C@H](NC(=O)N1CCn2cnnc2C1)C(=O)O. The summed E-state index contributed by atoms with van der Waals surface area (Å²) in [5.41, 5.74) is 4.95. The zero-order valence-electron chi connectivity index (χ0n) is 10.5. The zero-order valence-corrected chi connectivity index (χ0v) is 10.5. The van der Waals surface area contributed by atoms with Crippen LogP contribution in [0.25, 0.3) is 0 Å². The number of fused-ring (bicyclic) bond motifs is 1. The van der Waals surface area contributed by atoms with Crippen LogP contribution in [0.1, 0.15) is 12.2 Å². The van der Waals surface area contributed by atoms with E-state index in [1.165, 1.54) is 4.90 Å². The number of carbonyl (C=O) groups excluding carboxylic acids is 2. The summed E-state index contributed by atoms with van der Waals surface area (Å²) in [6.45, 7) is 1.16. The Morgan fingerprint density at radius 1 is 1.45 bits per heavy atom. The number of hydrogen-bond donors (Lipinski definition) is 3. The number of carboxylic acid groups (broad SMARTS) is 1. The second-order valence-electron chi connectivity index (χ2n) is 4.37. The molecule has 0 saturated carbocycles. The smallest absolute Gasteiger partial charge is 0.326 e. The largest absolute Gasteiger partial charge is 0.480 e. The molecule has 0 aliphatic carbocycles. The topological polar surface area (TPSA) is 143 Å². The molecular weight excluding hydrogens is 268 g/mol. The molecule has 0 bridgehead atoms. The molecule has 0 radical (unpaired) electrons. The minimum Gasteiger partial charge on any atom is -0.480 e. The molecule has 1 aromatic rings. The van der Waals surface area contributed by atoms with Gasteiger partial charge in [0.15, 0.2) is 5.82 Å². The van der Waals surface area contributed by atoms with E-state index >= 15 is 0 Å². The Balaban J connectivity index is 1.98. The predicted octanol–water partition coefficient (Wildman–Crippen LogP) is -1.87. The molecule has 0 unspecified atom stereocenters. The first-order chi connectivity index (χ1) is 9.47. The number of aromatic nitrogens is 3. The van der Waals surface area contributed by atoms with E-state index in [1.807, 2.05) is 4.57 Å². The molecule has 20 heavy (non-hydrogen) atoms. The van der Waals surface area contributed by atoms with Crippen molar-refractivity contribution in [2.75, 3.05) is 6.54 Å². The Hall–Kier alpha value is -2.65. The summed E-state index contributed by atoms with van der Waals surface area (Å²) >= 11 is 0. The van der Waals surface area contributed by atoms with Crippen molar-refractivity contribution >= 4 is 17.9 Å². The molecule has 3 amide bonds. The van der Waals surface area contributed by atoms with Crippen LogP contribution in [-0.2, 0) is 22.7 Å². The average molecular weight is 282 g/mol. The van der Waals surface area contributed by atoms with E-state index < -0.39 is 30.4 Å². The zero-order chi connectivity index (χ0) is 14.7. The molecule has 2 heterocycles. The predicted molar refractivity (Wildman–Crippen MR) is 64.2 cm³/mol. The van der Waals surface area contributed by atoms with E-state index in [2.05, 4.69) is 15.5 Å². The molecule has 1 aromatic heterocycles. The van der Waals surface area contributed by atoms with Gasteiger partial charge in [-0.05, 0) is 0 Å². The lowest BCUT2D eigenvalue weighted by atomic mass is 10.2. The maximum atomic E-state index is 12.0. The van der Waals surface area contributed by atoms with Gasteiger partial charge < -0.3 is 25.6 Å². The highest BCUT2D eigenvalue weighted by molar-refractivity contribution is 5.87. The molecule has 0 spiro atoms. The standard InChI is InChI=1S/C10H14N6O4/c11-7(17)3-6(9(18)19)13-10(20)15-1-2-16-5-12-14-8(16)4-15/h5-6H,1-4H2,(H2,11,17)(H,13,20)(H,18,19)/t6-/m0/s1. The second-order valence-corrected chi connectivity index (χ2v) is 4.37. The lowest BCUT2D eigenvalue weighted by molar-refractivity contribution is -0.141. The molecule has 4 N–H and O–H groups in total. The summed E-state index contributed by atoms with van der Waals surface area (Å²) < 4.78 is 1.81. The summed E-state index contributed by atoms with van der Waals surface area (Å²) in [6.07, 6.45) is 1.11. The summed E-state index contributed by atoms with van der Waals surface area (Å²) in [5.74, 6) is -1.48. The quantitative estimate of drug-likeness (QED) is 0.590. The first-order valence-corrected chi connectivity index (χ1v) is 5.90. The number of primary amides is 1. The van der Waals surface area contributed by atoms with Crippen LogP contribution in [-0.4, -0.2) is 55.3 Å². The third-order valence-corrected chi connectivity index (χ3v) is 2.93. The van der Waals surface area contributed by atoms with E-state index in [1.54, 1.807) is 6.33 Å². The third-order valence-electron chi connectivity index (χ3n) is 2.93. The Morgan fingerprint density at radius 2 is 2.20 bits per heavy atom. The highest BCUT2D eigenvalue weighted by atomic mass is 16.4. The van der Waals surface area contributed by atoms with Crippen LogP contribution >= 0.6 is 0 Å². The van der Waals surface area contributed by atoms with Crippen molar-refractivity contribution in [3.8, 4) is 0 Å². The number of aliphatic carboxylic acids is 1. The normalized spacial score (nSPS) is 15.3. The Bertz CT molecular complexity index is 542. The van der Waals surface area contributed by atoms with Crippen molar-refractivity contribution in [1.82, 2.24) is 25.0 Å². The first kappa shape index (κ1) is 13.8. The van der Waals surface area contributed by atoms with Gasteiger partial charge in [-0.15, -0.1) is 10.2 Å². The Labute approximate surface area is 113 Å². The number of hydrogen-bond acceptors (Lipinski definition) is 5. The van der Waals surface area contributed by atoms with Crippen LogP contribution in [0.3, 0.4) is 0 Å². The van der Waals surface area contributed by atoms with Crippen LogP contribution in [0, 0.1) is 0 Å². The van der Waals surface area contributed by atoms with Crippen molar-refractivity contribution in [2.24, 2.45) is 5.73 Å². The molecule has 0 saturated heterocycles. The minimum absolute atomic E-state index is 0.231. The van der Waals surface area contributed by atoms with E-state index in [0.717, 1.165) is 0 Å². The van der Waals surface area contributed by atoms with Crippen molar-refractivity contribution in [2.45, 2.75) is 25.6 Å². The number of nitrogens with one attached hydrogen (secondary N) is 1. The fourth-order valence-corrected chi connectivity index (χ4v) is 1.88. The Morgan fingerprint density at radius 3 is 2.85 bits per heavy atom. The van der Waals surface area contributed by atoms with Gasteiger partial charge in [0.05, 0.1) is 13.0 Å². The van der Waals surface area contributed by atoms with Gasteiger partial charge in [0, 0.05) is 13.1 Å². The number of carboxylic acids is 1. The lowest BCUT2D eigenvalue weighted by Gasteiger charge is -2.28. The molecular formula is C10H14N6O4. The van der Waals surface area contributed by atoms with Crippen molar-refractivity contribution in [1.29, 1.82) is 0 Å². The van der Waals surface area contributed by atoms with Crippen LogP contribution < -0.4 is 11.1 Å². The van der Waals surface area contributed by atoms with Gasteiger partial charge in [-0.2, -0.15) is 0 Å². The number of nitrogens with zero attached hydrogens (tertiary/aromatic N) is 4. The first-order valence-electron chi connectivity index (χ1n) is 5.90. The van der Waals surface area contributed by atoms with Gasteiger partial charge in [-0.25, -0.2) is 9.59 Å². The fraction of sp³-hybridized carbons (Fsp3) is 0.500. The monoisotopic (exact) mass is 282 g/mol. The molecule has 108 valence electrons. The number of urea groups is 1. The van der Waals surface area contributed by atoms with Crippen molar-refractivity contribution in [3.63, 3.8) is 0 Å². The number of carbonyl (C=O) groups is 3. The van der Waals surface area contributed by atoms with Crippen LogP contribution in [0.2, 0.25) is 0 Å². The highest BCUT2D eigenvalue weighted by Crippen LogP contribution is 2.09. The van der Waals surface area contributed by atoms with Gasteiger partial charge >= 0.3 is 12.0 Å². The third kappa shape index (κ3) is 3.02. The molecule has 1 atom stereocenters. The Kier molecular flexibility index (Phi) is 3.82. The van der Waals surface area contributed by atoms with Gasteiger partial charge in [-0.3, -0.25) is 4.79 Å². The average Bonchev–Trinajstić information content (AvgIpc) is 2.84. The molecule has 1 aliphatic heterocycles. The van der Waals surface area contributed by atoms with Crippen molar-refractivity contribution < 1.29 is 19.5 Å². The fourth-order valence-electron chi connectivity index (χ4n) is 1.88. The van der Waals surface area contributed by atoms with E-state index in [0.29, 0.717) is 18.9 Å². The minimum atomic E-state index is -1.33. The second kappa shape index (κ2) is 5.55. The van der Waals surface area contributed by atoms with E-state index in [9.17, 15) is 14.4 Å². The van der Waals surface area contributed by atoms with Gasteiger partial charge in [-0.1, -0.05) is 0 Å². The highest BCUT2D eigenvalue weighted by Gasteiger charge is 2.27. The molecule has 0 fully saturated rings. The molecule has 0 aromatic carbocycles. The summed E-state index contributed by atoms with van der Waals surface area (Å²) in [6, 6.07) is -1.91. The van der Waals surface area contributed by atoms with Crippen LogP contribution in [0.15, 0.2) is 6.33 Å². The lowest BCUT2D eigenvalue weighted by Crippen LogP contribution is -2.51. The van der Waals surface area contributed by atoms with Gasteiger partial charge in [0.1, 0.15) is 12.4 Å². The molecule has 1 aliphatic rings. The van der Waals surface area contributed by atoms with E-state index in [4.69, 9.17) is 10.8 Å². The number of amides is 3. The molecule has 2 rings (SSSR count). The van der Waals surface area contributed by atoms with Crippen LogP contribution in [0.5, 0.6) is 0 Å². The molecule has 10 heteroatoms. The maximum Gasteiger partial charge on any atom is 0.326 e. The molecule has 10 nitrogen and oxygen atoms in total. The van der Waals surface area contributed by atoms with Crippen LogP contribution in [0.4, 0.5) is 4.79 Å². The van der Waals surface area contributed by atoms with E-state index in [-0.39, 0.29) is 6.54 Å². The maximum absolute atomic E-state index is 12.0. The summed E-state index contributed by atoms with van der Waals surface area (Å²) in [4.78, 5) is 35.1. The number of nitrogens with two attached hydrogens (primary N) is 1. The van der Waals surface area contributed by atoms with Gasteiger partial charge in [0.2, 0.25) is 5.91 Å². The van der Waals surface area contributed by atoms with Crippen molar-refractivity contribution in [3.05, 3.63) is 12.2 Å². The summed E-state index contributed by atoms with van der Waals surface area (Å²) in [5, 5.41) is 18.8. The number of rotatable bonds is 4. The summed E-state index contributed by atoms with van der Waals surface area (Å²) in [7, 11) is 0.